The van der Waals surface area contributed by atoms with Gasteiger partial charge in [0.25, 0.3) is 11.4 Å². The standard InChI is InChI=1S/C15H10N2O4S2/c18-16(19)11-5-3-10(4-6-11)15-12(17(20)21)7-8-14(23-15)13-2-1-9-22-13/h1-9,15H. The van der Waals surface area contributed by atoms with Crippen LogP contribution in [0.3, 0.4) is 0 Å². The van der Waals surface area contributed by atoms with Crippen LogP contribution < -0.4 is 0 Å². The maximum Gasteiger partial charge on any atom is 0.269 e. The van der Waals surface area contributed by atoms with Crippen molar-refractivity contribution in [2.45, 2.75) is 5.25 Å². The molecule has 0 amide bonds. The number of nitro groups is 2. The Balaban J connectivity index is 1.96. The minimum atomic E-state index is -0.493. The zero-order valence-corrected chi connectivity index (χ0v) is 13.3. The molecule has 1 aliphatic rings. The van der Waals surface area contributed by atoms with Crippen LogP contribution in [0.5, 0.6) is 0 Å². The van der Waals surface area contributed by atoms with E-state index in [0.29, 0.717) is 5.56 Å². The van der Waals surface area contributed by atoms with Crippen LogP contribution in [0.25, 0.3) is 4.91 Å². The summed E-state index contributed by atoms with van der Waals surface area (Å²) in [7, 11) is 0. The summed E-state index contributed by atoms with van der Waals surface area (Å²) in [6, 6.07) is 9.78. The van der Waals surface area contributed by atoms with Gasteiger partial charge in [-0.05, 0) is 23.1 Å². The molecule has 2 aromatic rings. The molecule has 1 unspecified atom stereocenters. The number of thiophene rings is 1. The van der Waals surface area contributed by atoms with Crippen LogP contribution >= 0.6 is 23.1 Å². The quantitative estimate of drug-likeness (QED) is 0.594. The minimum absolute atomic E-state index is 0.0322. The minimum Gasteiger partial charge on any atom is -0.259 e. The first-order valence-corrected chi connectivity index (χ1v) is 8.33. The highest BCUT2D eigenvalue weighted by Gasteiger charge is 2.31. The first-order chi connectivity index (χ1) is 11.1. The molecule has 1 atom stereocenters. The van der Waals surface area contributed by atoms with Gasteiger partial charge in [0.1, 0.15) is 5.25 Å². The number of allylic oxidation sites excluding steroid dienone is 2. The molecule has 0 radical (unpaired) electrons. The second-order valence-electron chi connectivity index (χ2n) is 4.70. The largest absolute Gasteiger partial charge is 0.269 e. The van der Waals surface area contributed by atoms with Crippen molar-refractivity contribution in [2.24, 2.45) is 0 Å². The average molecular weight is 346 g/mol. The van der Waals surface area contributed by atoms with Crippen molar-refractivity contribution in [3.8, 4) is 0 Å². The van der Waals surface area contributed by atoms with Crippen LogP contribution in [-0.4, -0.2) is 9.85 Å². The smallest absolute Gasteiger partial charge is 0.259 e. The fraction of sp³-hybridized carbons (Fsp3) is 0.0667. The average Bonchev–Trinajstić information content (AvgIpc) is 3.08. The van der Waals surface area contributed by atoms with Gasteiger partial charge in [-0.15, -0.1) is 23.1 Å². The normalized spacial score (nSPS) is 17.3. The summed E-state index contributed by atoms with van der Waals surface area (Å²) < 4.78 is 0. The Morgan fingerprint density at radius 2 is 1.70 bits per heavy atom. The van der Waals surface area contributed by atoms with Crippen molar-refractivity contribution in [1.82, 2.24) is 0 Å². The summed E-state index contributed by atoms with van der Waals surface area (Å²) in [5.74, 6) is 0. The van der Waals surface area contributed by atoms with Crippen LogP contribution in [0.15, 0.2) is 59.6 Å². The molecular formula is C15H10N2O4S2. The summed E-state index contributed by atoms with van der Waals surface area (Å²) >= 11 is 2.95. The number of nitro benzene ring substituents is 1. The maximum atomic E-state index is 11.3. The van der Waals surface area contributed by atoms with Gasteiger partial charge in [0, 0.05) is 28.0 Å². The van der Waals surface area contributed by atoms with E-state index in [1.807, 2.05) is 17.5 Å². The van der Waals surface area contributed by atoms with Crippen LogP contribution in [0.2, 0.25) is 0 Å². The molecule has 2 heterocycles. The Kier molecular flexibility index (Phi) is 4.26. The van der Waals surface area contributed by atoms with Gasteiger partial charge in [-0.25, -0.2) is 0 Å². The molecule has 0 spiro atoms. The molecule has 1 aliphatic heterocycles. The van der Waals surface area contributed by atoms with Crippen molar-refractivity contribution in [3.63, 3.8) is 0 Å². The molecule has 0 saturated carbocycles. The monoisotopic (exact) mass is 346 g/mol. The first kappa shape index (κ1) is 15.4. The fourth-order valence-corrected chi connectivity index (χ4v) is 4.30. The molecule has 0 N–H and O–H groups in total. The number of non-ortho nitro benzene ring substituents is 1. The van der Waals surface area contributed by atoms with Crippen molar-refractivity contribution in [3.05, 3.63) is 90.3 Å². The fourth-order valence-electron chi connectivity index (χ4n) is 2.20. The zero-order valence-electron chi connectivity index (χ0n) is 11.6. The molecule has 0 fully saturated rings. The molecule has 0 saturated heterocycles. The summed E-state index contributed by atoms with van der Waals surface area (Å²) in [5.41, 5.74) is 0.713. The van der Waals surface area contributed by atoms with Gasteiger partial charge < -0.3 is 0 Å². The lowest BCUT2D eigenvalue weighted by Crippen LogP contribution is -2.10. The van der Waals surface area contributed by atoms with Gasteiger partial charge >= 0.3 is 0 Å². The highest BCUT2D eigenvalue weighted by Crippen LogP contribution is 2.48. The number of hydrogen-bond donors (Lipinski definition) is 0. The second-order valence-corrected chi connectivity index (χ2v) is 6.80. The third-order valence-corrected chi connectivity index (χ3v) is 5.69. The molecule has 1 aromatic heterocycles. The molecule has 1 aromatic carbocycles. The first-order valence-electron chi connectivity index (χ1n) is 6.57. The van der Waals surface area contributed by atoms with E-state index in [0.717, 1.165) is 9.78 Å². The number of nitrogens with zero attached hydrogens (tertiary/aromatic N) is 2. The van der Waals surface area contributed by atoms with E-state index in [9.17, 15) is 20.2 Å². The highest BCUT2D eigenvalue weighted by atomic mass is 32.2. The van der Waals surface area contributed by atoms with Crippen LogP contribution in [0, 0.1) is 20.2 Å². The Morgan fingerprint density at radius 3 is 2.26 bits per heavy atom. The molecule has 116 valence electrons. The molecule has 23 heavy (non-hydrogen) atoms. The second kappa shape index (κ2) is 6.35. The van der Waals surface area contributed by atoms with E-state index in [2.05, 4.69) is 0 Å². The topological polar surface area (TPSA) is 86.3 Å². The van der Waals surface area contributed by atoms with Crippen molar-refractivity contribution >= 4 is 33.7 Å². The lowest BCUT2D eigenvalue weighted by atomic mass is 10.1. The van der Waals surface area contributed by atoms with Crippen LogP contribution in [0.4, 0.5) is 5.69 Å². The van der Waals surface area contributed by atoms with Gasteiger partial charge in [-0.3, -0.25) is 20.2 Å². The number of benzene rings is 1. The van der Waals surface area contributed by atoms with Gasteiger partial charge in [-0.2, -0.15) is 0 Å². The molecule has 0 aliphatic carbocycles. The Labute approximate surface area is 139 Å². The predicted molar refractivity (Wildman–Crippen MR) is 90.8 cm³/mol. The molecule has 0 bridgehead atoms. The number of rotatable bonds is 4. The van der Waals surface area contributed by atoms with E-state index in [1.54, 1.807) is 29.5 Å². The molecule has 6 nitrogen and oxygen atoms in total. The Hall–Kier alpha value is -2.45. The van der Waals surface area contributed by atoms with Crippen molar-refractivity contribution in [2.75, 3.05) is 0 Å². The summed E-state index contributed by atoms with van der Waals surface area (Å²) in [5, 5.41) is 23.5. The molecule has 8 heteroatoms. The zero-order chi connectivity index (χ0) is 16.4. The van der Waals surface area contributed by atoms with E-state index < -0.39 is 15.1 Å². The van der Waals surface area contributed by atoms with Gasteiger partial charge in [0.05, 0.1) is 9.85 Å². The highest BCUT2D eigenvalue weighted by molar-refractivity contribution is 8.08. The van der Waals surface area contributed by atoms with Gasteiger partial charge in [0.2, 0.25) is 0 Å². The number of thioether (sulfide) groups is 1. The van der Waals surface area contributed by atoms with E-state index in [4.69, 9.17) is 0 Å². The Bertz CT molecular complexity index is 811. The third kappa shape index (κ3) is 3.17. The maximum absolute atomic E-state index is 11.3. The summed E-state index contributed by atoms with van der Waals surface area (Å²) in [6.45, 7) is 0. The van der Waals surface area contributed by atoms with Crippen LogP contribution in [0.1, 0.15) is 15.7 Å². The van der Waals surface area contributed by atoms with Crippen LogP contribution in [-0.2, 0) is 0 Å². The van der Waals surface area contributed by atoms with E-state index in [1.165, 1.54) is 30.0 Å². The lowest BCUT2D eigenvalue weighted by molar-refractivity contribution is -0.427. The lowest BCUT2D eigenvalue weighted by Gasteiger charge is -2.19. The van der Waals surface area contributed by atoms with E-state index >= 15 is 0 Å². The summed E-state index contributed by atoms with van der Waals surface area (Å²) in [6.07, 6.45) is 3.26. The number of hydrogen-bond acceptors (Lipinski definition) is 6. The van der Waals surface area contributed by atoms with Crippen molar-refractivity contribution in [1.29, 1.82) is 0 Å². The van der Waals surface area contributed by atoms with Gasteiger partial charge in [0.15, 0.2) is 0 Å². The third-order valence-electron chi connectivity index (χ3n) is 3.30. The van der Waals surface area contributed by atoms with Crippen molar-refractivity contribution < 1.29 is 9.85 Å². The predicted octanol–water partition coefficient (Wildman–Crippen LogP) is 4.65. The molecular weight excluding hydrogens is 336 g/mol. The Morgan fingerprint density at radius 1 is 0.957 bits per heavy atom. The van der Waals surface area contributed by atoms with E-state index in [-0.39, 0.29) is 11.4 Å². The SMILES string of the molecule is O=[N+]([O-])C1=CC=C(c2cccs2)SC1c1ccc([N+](=O)[O-])cc1. The van der Waals surface area contributed by atoms with Gasteiger partial charge in [-0.1, -0.05) is 18.2 Å². The molecule has 3 rings (SSSR count). The summed E-state index contributed by atoms with van der Waals surface area (Å²) in [4.78, 5) is 23.1.